The van der Waals surface area contributed by atoms with Crippen molar-refractivity contribution in [2.75, 3.05) is 40.0 Å². The molecule has 0 fully saturated rings. The molecule has 6 aliphatic heterocycles. The summed E-state index contributed by atoms with van der Waals surface area (Å²) in [7, 11) is 49.3. The SMILES string of the molecule is [B][B][B]c1c(F)cc(Cc2cc(F)c([B][B][B])c3c2=NCN=3)c2c1=NCN=2.[B][B][B]c1cc(F)c(Cc2c(F)cc([B][B][B])c3c2=NCN=3)c2c1=NCN=2.[B][B][B]c1cc(F)c(Cc2cc(F)c([B][B][B])c3c2=NCN=3)c2c1=NCN=2. The molecule has 6 aromatic rings. The normalized spacial score (nSPS) is 13.4. The summed E-state index contributed by atoms with van der Waals surface area (Å²) in [5, 5.41) is 6.16. The van der Waals surface area contributed by atoms with Crippen LogP contribution in [0.15, 0.2) is 96.3 Å². The summed E-state index contributed by atoms with van der Waals surface area (Å²) in [5.74, 6) is -2.81. The van der Waals surface area contributed by atoms with E-state index in [1.54, 1.807) is 21.5 Å². The van der Waals surface area contributed by atoms with Gasteiger partial charge in [-0.1, -0.05) is 16.4 Å². The maximum absolute atomic E-state index is 14.8. The summed E-state index contributed by atoms with van der Waals surface area (Å²) < 4.78 is 88.1. The second kappa shape index (κ2) is 25.9. The topological polar surface area (TPSA) is 148 Å². The van der Waals surface area contributed by atoms with Crippen LogP contribution >= 0.6 is 0 Å². The molecule has 0 saturated heterocycles. The van der Waals surface area contributed by atoms with E-state index in [0.29, 0.717) is 114 Å². The minimum atomic E-state index is -0.489. The number of halogens is 6. The fourth-order valence-corrected chi connectivity index (χ4v) is 10.1. The van der Waals surface area contributed by atoms with Crippen LogP contribution in [-0.4, -0.2) is 172 Å². The highest BCUT2D eigenvalue weighted by Gasteiger charge is 2.23. The highest BCUT2D eigenvalue weighted by atomic mass is 19.1. The predicted octanol–water partition coefficient (Wildman–Crippen LogP) is -11.9. The molecule has 0 saturated carbocycles. The molecule has 6 heterocycles. The summed E-state index contributed by atoms with van der Waals surface area (Å²) in [4.78, 5) is 51.6. The molecule has 6 aromatic carbocycles. The van der Waals surface area contributed by atoms with Gasteiger partial charge in [0.05, 0.1) is 85.8 Å². The molecule has 0 amide bonds. The smallest absolute Gasteiger partial charge is 0.130 e. The number of rotatable bonds is 18. The Labute approximate surface area is 476 Å². The molecular weight excluding hydrogens is 1020 g/mol. The molecule has 0 atom stereocenters. The number of hydrogen-bond donors (Lipinski definition) is 0. The summed E-state index contributed by atoms with van der Waals surface area (Å²) in [6.45, 7) is 1.30. The number of benzene rings is 6. The van der Waals surface area contributed by atoms with Crippen LogP contribution in [-0.2, 0) is 19.3 Å². The van der Waals surface area contributed by atoms with E-state index >= 15 is 0 Å². The van der Waals surface area contributed by atoms with Crippen molar-refractivity contribution >= 4 is 165 Å². The zero-order valence-corrected chi connectivity index (χ0v) is 42.9. The Morgan fingerprint density at radius 2 is 0.519 bits per heavy atom. The van der Waals surface area contributed by atoms with Gasteiger partial charge in [0.15, 0.2) is 0 Å². The Morgan fingerprint density at radius 1 is 0.272 bits per heavy atom. The van der Waals surface area contributed by atoms with Crippen LogP contribution in [0.3, 0.4) is 0 Å². The van der Waals surface area contributed by atoms with E-state index in [1.165, 1.54) is 100 Å². The van der Waals surface area contributed by atoms with Crippen LogP contribution in [0, 0.1) is 34.9 Å². The molecule has 360 valence electrons. The summed E-state index contributed by atoms with van der Waals surface area (Å²) in [5.41, 5.74) is 5.24. The van der Waals surface area contributed by atoms with Crippen LogP contribution in [0.4, 0.5) is 26.3 Å². The highest BCUT2D eigenvalue weighted by Crippen LogP contribution is 2.11. The van der Waals surface area contributed by atoms with E-state index in [1.807, 2.05) is 0 Å². The Bertz CT molecular complexity index is 4210. The summed E-state index contributed by atoms with van der Waals surface area (Å²) in [6.07, 6.45) is 0.389. The quantitative estimate of drug-likeness (QED) is 0.0596. The van der Waals surface area contributed by atoms with Gasteiger partial charge >= 0.3 is 0 Å². The zero-order chi connectivity index (χ0) is 56.9. The van der Waals surface area contributed by atoms with E-state index < -0.39 is 34.9 Å². The minimum absolute atomic E-state index is 0.000385. The average Bonchev–Trinajstić information content (AvgIpc) is 4.38. The third-order valence-corrected chi connectivity index (χ3v) is 13.6. The minimum Gasteiger partial charge on any atom is -0.260 e. The molecule has 0 unspecified atom stereocenters. The zero-order valence-electron chi connectivity index (χ0n) is 42.9. The monoisotopic (exact) mass is 1040 g/mol. The van der Waals surface area contributed by atoms with E-state index in [2.05, 4.69) is 59.9 Å². The van der Waals surface area contributed by atoms with Crippen molar-refractivity contribution in [3.8, 4) is 0 Å². The number of fused-ring (bicyclic) bond motifs is 6. The van der Waals surface area contributed by atoms with Gasteiger partial charge in [-0.3, -0.25) is 59.9 Å². The lowest BCUT2D eigenvalue weighted by atomic mass is 9.26. The van der Waals surface area contributed by atoms with E-state index in [-0.39, 0.29) is 75.9 Å². The maximum atomic E-state index is 14.8. The summed E-state index contributed by atoms with van der Waals surface area (Å²) >= 11 is 0. The lowest BCUT2D eigenvalue weighted by Crippen LogP contribution is -2.48. The molecule has 24 radical (unpaired) electrons. The average molecular weight is 1040 g/mol. The first kappa shape index (κ1) is 57.9. The van der Waals surface area contributed by atoms with E-state index in [9.17, 15) is 26.3 Å². The predicted molar refractivity (Wildman–Crippen MR) is 311 cm³/mol. The molecule has 0 spiro atoms. The van der Waals surface area contributed by atoms with Gasteiger partial charge in [0.2, 0.25) is 0 Å². The number of nitrogens with zero attached hydrogens (tertiary/aromatic N) is 12. The molecular formula is C45H24B18F6N12. The van der Waals surface area contributed by atoms with Crippen LogP contribution in [0.25, 0.3) is 0 Å². The molecule has 0 aromatic heterocycles. The Hall–Kier alpha value is -6.33. The standard InChI is InChI=1S/3C15H8B6F2N4/c16-20-18-8-2-10(22)6(12-14(8)26-4-24-12)1-7-11(23)3-9(19-21-17)15-13(7)25-5-27-15;16-20-18-8-3-9(22)7(13-14(8)26-5-25-13)1-6-2-10(23)11(19-21-17)15-12(6)24-4-27-15;16-20-18-10-8(22)2-6(12-14(10)26-4-24-12)1-7-3-9(23)11(19-21-17)15-13(7)25-5-27-15/h3*2-3H,1,4-5H2. The van der Waals surface area contributed by atoms with Crippen molar-refractivity contribution < 1.29 is 26.3 Å². The van der Waals surface area contributed by atoms with Crippen molar-refractivity contribution in [3.63, 3.8) is 0 Å². The molecule has 36 heteroatoms. The van der Waals surface area contributed by atoms with E-state index in [4.69, 9.17) is 46.4 Å². The van der Waals surface area contributed by atoms with Crippen LogP contribution in [0.2, 0.25) is 0 Å². The third-order valence-electron chi connectivity index (χ3n) is 13.6. The molecule has 81 heavy (non-hydrogen) atoms. The van der Waals surface area contributed by atoms with Gasteiger partial charge in [0.25, 0.3) is 0 Å². The highest BCUT2D eigenvalue weighted by molar-refractivity contribution is 7.29. The van der Waals surface area contributed by atoms with Gasteiger partial charge in [-0.25, -0.2) is 26.3 Å². The molecule has 12 nitrogen and oxygen atoms in total. The van der Waals surface area contributed by atoms with Gasteiger partial charge in [-0.05, 0) is 69.5 Å². The van der Waals surface area contributed by atoms with Gasteiger partial charge in [-0.15, -0.1) is 0 Å². The fraction of sp³-hybridized carbons (Fsp3) is 0.200. The maximum Gasteiger partial charge on any atom is 0.130 e. The Balaban J connectivity index is 0.000000136. The van der Waals surface area contributed by atoms with Gasteiger partial charge in [0, 0.05) is 125 Å². The first-order valence-corrected chi connectivity index (χ1v) is 24.9. The molecule has 0 N–H and O–H groups in total. The van der Waals surface area contributed by atoms with Gasteiger partial charge < -0.3 is 0 Å². The Morgan fingerprint density at radius 3 is 0.815 bits per heavy atom. The fourth-order valence-electron chi connectivity index (χ4n) is 10.1. The van der Waals surface area contributed by atoms with E-state index in [0.717, 1.165) is 0 Å². The van der Waals surface area contributed by atoms with Crippen molar-refractivity contribution in [1.29, 1.82) is 0 Å². The Kier molecular flexibility index (Phi) is 18.5. The van der Waals surface area contributed by atoms with Crippen molar-refractivity contribution in [2.45, 2.75) is 19.3 Å². The van der Waals surface area contributed by atoms with Gasteiger partial charge in [0.1, 0.15) is 96.4 Å². The second-order valence-corrected chi connectivity index (χ2v) is 18.2. The van der Waals surface area contributed by atoms with Crippen LogP contribution in [0.5, 0.6) is 0 Å². The largest absolute Gasteiger partial charge is 0.260 e. The van der Waals surface area contributed by atoms with Crippen molar-refractivity contribution in [2.24, 2.45) is 59.9 Å². The molecule has 0 aliphatic carbocycles. The number of hydrogen-bond acceptors (Lipinski definition) is 12. The lowest BCUT2D eigenvalue weighted by Gasteiger charge is -2.09. The van der Waals surface area contributed by atoms with Crippen LogP contribution in [0.1, 0.15) is 33.4 Å². The first-order chi connectivity index (χ1) is 39.4. The van der Waals surface area contributed by atoms with Gasteiger partial charge in [-0.2, -0.15) is 0 Å². The molecule has 12 rings (SSSR count). The second-order valence-electron chi connectivity index (χ2n) is 18.2. The lowest BCUT2D eigenvalue weighted by molar-refractivity contribution is 0.595. The van der Waals surface area contributed by atoms with Crippen molar-refractivity contribution in [1.82, 2.24) is 0 Å². The van der Waals surface area contributed by atoms with Crippen LogP contribution < -0.4 is 97.1 Å². The molecule has 6 aliphatic rings. The first-order valence-electron chi connectivity index (χ1n) is 24.9. The van der Waals surface area contributed by atoms with Crippen molar-refractivity contribution in [3.05, 3.63) is 169 Å². The summed E-state index contributed by atoms with van der Waals surface area (Å²) in [6, 6.07) is 8.18. The molecule has 0 bridgehead atoms. The third kappa shape index (κ3) is 11.7.